The number of fused-ring (bicyclic) bond motifs is 1. The second-order valence-corrected chi connectivity index (χ2v) is 14.2. The molecule has 4 heterocycles. The Morgan fingerprint density at radius 1 is 1.07 bits per heavy atom. The number of nitrogens with zero attached hydrogens (tertiary/aromatic N) is 6. The third kappa shape index (κ3) is 5.56. The molecule has 1 aromatic carbocycles. The van der Waals surface area contributed by atoms with Crippen molar-refractivity contribution in [2.75, 3.05) is 36.4 Å². The molecule has 1 aliphatic heterocycles. The Bertz CT molecular complexity index is 1970. The first-order valence-electron chi connectivity index (χ1n) is 15.1. The van der Waals surface area contributed by atoms with Crippen LogP contribution >= 0.6 is 0 Å². The molecule has 2 saturated carbocycles. The molecular weight excluding hydrogens is 609 g/mol. The summed E-state index contributed by atoms with van der Waals surface area (Å²) in [6, 6.07) is 5.73. The summed E-state index contributed by atoms with van der Waals surface area (Å²) in [7, 11) is -3.65. The van der Waals surface area contributed by atoms with Crippen molar-refractivity contribution >= 4 is 38.4 Å². The summed E-state index contributed by atoms with van der Waals surface area (Å²) in [4.78, 5) is 24.7. The van der Waals surface area contributed by atoms with Gasteiger partial charge in [-0.15, -0.1) is 0 Å². The molecule has 0 unspecified atom stereocenters. The van der Waals surface area contributed by atoms with Crippen LogP contribution in [-0.2, 0) is 22.7 Å². The molecule has 4 aromatic rings. The fourth-order valence-electron chi connectivity index (χ4n) is 6.04. The third-order valence-corrected chi connectivity index (χ3v) is 10.8. The molecule has 3 aliphatic rings. The number of piperazine rings is 1. The average molecular weight is 643 g/mol. The summed E-state index contributed by atoms with van der Waals surface area (Å²) in [5, 5.41) is 10.5. The van der Waals surface area contributed by atoms with E-state index in [9.17, 15) is 26.4 Å². The van der Waals surface area contributed by atoms with Crippen molar-refractivity contribution in [1.82, 2.24) is 29.0 Å². The van der Waals surface area contributed by atoms with Crippen LogP contribution < -0.4 is 21.1 Å². The minimum Gasteiger partial charge on any atom is -0.368 e. The van der Waals surface area contributed by atoms with Crippen molar-refractivity contribution in [2.24, 2.45) is 5.92 Å². The minimum atomic E-state index is -4.56. The predicted octanol–water partition coefficient (Wildman–Crippen LogP) is 4.19. The molecule has 7 rings (SSSR count). The maximum Gasteiger partial charge on any atom is 0.418 e. The number of alkyl halides is 3. The lowest BCUT2D eigenvalue weighted by Crippen LogP contribution is -2.44. The standard InChI is InChI=1S/C30H33F3N8O3S/c1-17-26(18(2)41(38-17)45(43,44)22-6-7-22)23-13-20-15-35-29(37-27(20)40(28(23)42)16-19-3-4-19)36-21-5-8-25(24(14-21)30(31,32)33)39-11-9-34-10-12-39/h5,8,13-15,19,22,34H,3-4,6-7,9-12,16H2,1-2H3,(H,35,36,37). The Morgan fingerprint density at radius 3 is 2.47 bits per heavy atom. The van der Waals surface area contributed by atoms with Gasteiger partial charge in [-0.1, -0.05) is 0 Å². The lowest BCUT2D eigenvalue weighted by Gasteiger charge is -2.31. The van der Waals surface area contributed by atoms with Crippen molar-refractivity contribution < 1.29 is 21.6 Å². The van der Waals surface area contributed by atoms with Crippen LogP contribution in [0.15, 0.2) is 35.3 Å². The number of nitrogens with one attached hydrogen (secondary N) is 2. The van der Waals surface area contributed by atoms with Gasteiger partial charge < -0.3 is 15.5 Å². The van der Waals surface area contributed by atoms with E-state index in [1.54, 1.807) is 35.4 Å². The van der Waals surface area contributed by atoms with E-state index in [0.717, 1.165) is 23.0 Å². The number of aromatic nitrogens is 5. The molecule has 0 atom stereocenters. The number of hydrogen-bond acceptors (Lipinski definition) is 9. The lowest BCUT2D eigenvalue weighted by molar-refractivity contribution is -0.137. The predicted molar refractivity (Wildman–Crippen MR) is 164 cm³/mol. The highest BCUT2D eigenvalue weighted by Gasteiger charge is 2.40. The van der Waals surface area contributed by atoms with Gasteiger partial charge in [-0.05, 0) is 69.7 Å². The fraction of sp³-hybridized carbons (Fsp3) is 0.467. The van der Waals surface area contributed by atoms with E-state index >= 15 is 0 Å². The molecule has 45 heavy (non-hydrogen) atoms. The van der Waals surface area contributed by atoms with Gasteiger partial charge in [-0.3, -0.25) is 9.36 Å². The fourth-order valence-corrected chi connectivity index (χ4v) is 7.76. The first-order chi connectivity index (χ1) is 21.4. The molecule has 15 heteroatoms. The van der Waals surface area contributed by atoms with Crippen LogP contribution in [0, 0.1) is 19.8 Å². The molecule has 0 amide bonds. The van der Waals surface area contributed by atoms with Crippen molar-refractivity contribution in [2.45, 2.75) is 57.5 Å². The van der Waals surface area contributed by atoms with Gasteiger partial charge in [0.1, 0.15) is 5.65 Å². The van der Waals surface area contributed by atoms with Crippen LogP contribution in [0.1, 0.15) is 42.6 Å². The van der Waals surface area contributed by atoms with Crippen molar-refractivity contribution in [1.29, 1.82) is 0 Å². The smallest absolute Gasteiger partial charge is 0.368 e. The molecule has 1 saturated heterocycles. The third-order valence-electron chi connectivity index (χ3n) is 8.69. The summed E-state index contributed by atoms with van der Waals surface area (Å²) >= 11 is 0. The van der Waals surface area contributed by atoms with E-state index in [1.807, 2.05) is 0 Å². The molecule has 238 valence electrons. The van der Waals surface area contributed by atoms with Crippen LogP contribution in [-0.4, -0.2) is 63.6 Å². The number of anilines is 3. The maximum atomic E-state index is 14.1. The van der Waals surface area contributed by atoms with Crippen molar-refractivity contribution in [3.05, 3.63) is 57.8 Å². The maximum absolute atomic E-state index is 14.1. The highest BCUT2D eigenvalue weighted by molar-refractivity contribution is 7.90. The zero-order valence-electron chi connectivity index (χ0n) is 24.9. The number of benzene rings is 1. The van der Waals surface area contributed by atoms with Crippen LogP contribution in [0.5, 0.6) is 0 Å². The van der Waals surface area contributed by atoms with Crippen LogP contribution in [0.25, 0.3) is 22.2 Å². The Morgan fingerprint density at radius 2 is 1.80 bits per heavy atom. The average Bonchev–Trinajstić information content (AvgIpc) is 3.93. The Hall–Kier alpha value is -3.98. The van der Waals surface area contributed by atoms with E-state index in [-0.39, 0.29) is 22.9 Å². The van der Waals surface area contributed by atoms with Crippen LogP contribution in [0.2, 0.25) is 0 Å². The quantitative estimate of drug-likeness (QED) is 0.291. The second-order valence-electron chi connectivity index (χ2n) is 12.1. The molecule has 3 fully saturated rings. The van der Waals surface area contributed by atoms with E-state index < -0.39 is 27.0 Å². The van der Waals surface area contributed by atoms with Crippen molar-refractivity contribution in [3.8, 4) is 11.1 Å². The summed E-state index contributed by atoms with van der Waals surface area (Å²) in [6.45, 7) is 5.89. The SMILES string of the molecule is Cc1nn(S(=O)(=O)C2CC2)c(C)c1-c1cc2cnc(Nc3ccc(N4CCNCC4)c(C(F)(F)F)c3)nc2n(CC2CC2)c1=O. The number of pyridine rings is 1. The first-order valence-corrected chi connectivity index (χ1v) is 16.6. The Labute approximate surface area is 257 Å². The molecule has 0 bridgehead atoms. The molecule has 0 spiro atoms. The molecule has 11 nitrogen and oxygen atoms in total. The highest BCUT2D eigenvalue weighted by Crippen LogP contribution is 2.39. The van der Waals surface area contributed by atoms with E-state index in [1.165, 1.54) is 12.3 Å². The van der Waals surface area contributed by atoms with Gasteiger partial charge in [0.05, 0.1) is 27.8 Å². The molecule has 3 aromatic heterocycles. The molecule has 0 radical (unpaired) electrons. The number of aryl methyl sites for hydroxylation is 1. The molecular formula is C30H33F3N8O3S. The number of halogens is 3. The summed E-state index contributed by atoms with van der Waals surface area (Å²) in [6.07, 6.45) is 0.0583. The monoisotopic (exact) mass is 642 g/mol. The minimum absolute atomic E-state index is 0.0537. The highest BCUT2D eigenvalue weighted by atomic mass is 32.2. The number of hydrogen-bond donors (Lipinski definition) is 2. The summed E-state index contributed by atoms with van der Waals surface area (Å²) in [5.74, 6) is 0.345. The second kappa shape index (κ2) is 10.8. The van der Waals surface area contributed by atoms with E-state index in [2.05, 4.69) is 25.7 Å². The zero-order chi connectivity index (χ0) is 31.7. The first kappa shape index (κ1) is 29.7. The van der Waals surface area contributed by atoms with Gasteiger partial charge >= 0.3 is 6.18 Å². The topological polar surface area (TPSA) is 127 Å². The van der Waals surface area contributed by atoms with Gasteiger partial charge in [-0.25, -0.2) is 13.4 Å². The molecule has 2 N–H and O–H groups in total. The normalized spacial score (nSPS) is 17.7. The van der Waals surface area contributed by atoms with Crippen LogP contribution in [0.3, 0.4) is 0 Å². The van der Waals surface area contributed by atoms with E-state index in [0.29, 0.717) is 85.0 Å². The van der Waals surface area contributed by atoms with Crippen LogP contribution in [0.4, 0.5) is 30.5 Å². The lowest BCUT2D eigenvalue weighted by atomic mass is 10.0. The number of rotatable bonds is 8. The molecule has 2 aliphatic carbocycles. The van der Waals surface area contributed by atoms with Gasteiger partial charge in [0, 0.05) is 61.2 Å². The Balaban J connectivity index is 1.28. The Kier molecular flexibility index (Phi) is 7.15. The summed E-state index contributed by atoms with van der Waals surface area (Å²) in [5.41, 5.74) is 1.11. The van der Waals surface area contributed by atoms with Crippen molar-refractivity contribution in [3.63, 3.8) is 0 Å². The van der Waals surface area contributed by atoms with Gasteiger partial charge in [0.15, 0.2) is 0 Å². The zero-order valence-corrected chi connectivity index (χ0v) is 25.7. The van der Waals surface area contributed by atoms with Gasteiger partial charge in [0.2, 0.25) is 5.95 Å². The van der Waals surface area contributed by atoms with Gasteiger partial charge in [0.25, 0.3) is 15.6 Å². The van der Waals surface area contributed by atoms with E-state index in [4.69, 9.17) is 0 Å². The summed E-state index contributed by atoms with van der Waals surface area (Å²) < 4.78 is 71.0. The largest absolute Gasteiger partial charge is 0.418 e. The van der Waals surface area contributed by atoms with Gasteiger partial charge in [-0.2, -0.15) is 27.3 Å².